The zero-order chi connectivity index (χ0) is 16.3. The van der Waals surface area contributed by atoms with E-state index in [1.807, 2.05) is 18.4 Å². The summed E-state index contributed by atoms with van der Waals surface area (Å²) in [4.78, 5) is 42.6. The van der Waals surface area contributed by atoms with Crippen LogP contribution < -0.4 is 11.2 Å². The minimum absolute atomic E-state index is 0.0298. The van der Waals surface area contributed by atoms with Crippen molar-refractivity contribution < 1.29 is 4.79 Å². The van der Waals surface area contributed by atoms with E-state index in [9.17, 15) is 14.4 Å². The van der Waals surface area contributed by atoms with Crippen LogP contribution in [0, 0.1) is 13.8 Å². The van der Waals surface area contributed by atoms with Gasteiger partial charge in [-0.1, -0.05) is 0 Å². The minimum atomic E-state index is -0.525. The quantitative estimate of drug-likeness (QED) is 0.871. The highest BCUT2D eigenvalue weighted by atomic mass is 32.1. The summed E-state index contributed by atoms with van der Waals surface area (Å²) >= 11 is 1.63. The molecule has 0 saturated heterocycles. The highest BCUT2D eigenvalue weighted by molar-refractivity contribution is 7.10. The molecule has 0 bridgehead atoms. The van der Waals surface area contributed by atoms with Gasteiger partial charge in [-0.2, -0.15) is 0 Å². The second kappa shape index (κ2) is 6.74. The van der Waals surface area contributed by atoms with Crippen molar-refractivity contribution >= 4 is 17.2 Å². The Hall–Kier alpha value is -2.15. The molecule has 7 heteroatoms. The monoisotopic (exact) mass is 321 g/mol. The Morgan fingerprint density at radius 3 is 2.59 bits per heavy atom. The number of hydrogen-bond donors (Lipinski definition) is 2. The van der Waals surface area contributed by atoms with Crippen LogP contribution in [0.2, 0.25) is 0 Å². The Labute approximate surface area is 131 Å². The number of nitrogens with zero attached hydrogens (tertiary/aromatic N) is 1. The van der Waals surface area contributed by atoms with E-state index in [-0.39, 0.29) is 12.3 Å². The van der Waals surface area contributed by atoms with E-state index in [0.29, 0.717) is 24.2 Å². The van der Waals surface area contributed by atoms with E-state index in [0.717, 1.165) is 4.88 Å². The predicted octanol–water partition coefficient (Wildman–Crippen LogP) is 1.33. The Kier molecular flexibility index (Phi) is 4.97. The first kappa shape index (κ1) is 16.2. The van der Waals surface area contributed by atoms with E-state index >= 15 is 0 Å². The standard InChI is InChI=1S/C15H19N3O3S/c1-9-6-7-22-12(9)8-18(3)13(19)5-4-11-10(2)16-15(21)17-14(11)20/h6-7H,4-5,8H2,1-3H3,(H2,16,17,20,21). The molecule has 0 radical (unpaired) electrons. The molecule has 0 spiro atoms. The van der Waals surface area contributed by atoms with Gasteiger partial charge in [0.15, 0.2) is 0 Å². The first-order valence-electron chi connectivity index (χ1n) is 6.97. The van der Waals surface area contributed by atoms with Gasteiger partial charge in [-0.05, 0) is 37.3 Å². The summed E-state index contributed by atoms with van der Waals surface area (Å²) in [5.74, 6) is -0.0298. The van der Waals surface area contributed by atoms with E-state index in [4.69, 9.17) is 0 Å². The molecule has 6 nitrogen and oxygen atoms in total. The molecule has 0 fully saturated rings. The first-order chi connectivity index (χ1) is 10.4. The second-order valence-electron chi connectivity index (χ2n) is 5.29. The number of aromatic nitrogens is 2. The maximum absolute atomic E-state index is 12.2. The molecule has 0 unspecified atom stereocenters. The number of H-pyrrole nitrogens is 2. The molecule has 0 aliphatic carbocycles. The number of hydrogen-bond acceptors (Lipinski definition) is 4. The van der Waals surface area contributed by atoms with Crippen molar-refractivity contribution in [2.75, 3.05) is 7.05 Å². The van der Waals surface area contributed by atoms with Crippen molar-refractivity contribution in [3.05, 3.63) is 54.0 Å². The molecule has 2 N–H and O–H groups in total. The van der Waals surface area contributed by atoms with Crippen LogP contribution in [0.3, 0.4) is 0 Å². The molecular formula is C15H19N3O3S. The average Bonchev–Trinajstić information content (AvgIpc) is 2.82. The van der Waals surface area contributed by atoms with E-state index < -0.39 is 11.2 Å². The van der Waals surface area contributed by atoms with Gasteiger partial charge in [0.2, 0.25) is 5.91 Å². The number of aryl methyl sites for hydroxylation is 2. The van der Waals surface area contributed by atoms with Crippen molar-refractivity contribution in [3.63, 3.8) is 0 Å². The van der Waals surface area contributed by atoms with Crippen molar-refractivity contribution in [1.82, 2.24) is 14.9 Å². The third-order valence-electron chi connectivity index (χ3n) is 3.62. The van der Waals surface area contributed by atoms with Crippen LogP contribution >= 0.6 is 11.3 Å². The molecule has 2 rings (SSSR count). The molecular weight excluding hydrogens is 302 g/mol. The largest absolute Gasteiger partial charge is 0.341 e. The van der Waals surface area contributed by atoms with Crippen LogP contribution in [0.25, 0.3) is 0 Å². The molecule has 0 aromatic carbocycles. The fourth-order valence-electron chi connectivity index (χ4n) is 2.22. The summed E-state index contributed by atoms with van der Waals surface area (Å²) in [5.41, 5.74) is 1.19. The van der Waals surface area contributed by atoms with E-state index in [2.05, 4.69) is 9.97 Å². The van der Waals surface area contributed by atoms with Crippen LogP contribution in [0.15, 0.2) is 21.0 Å². The number of carbonyl (C=O) groups excluding carboxylic acids is 1. The summed E-state index contributed by atoms with van der Waals surface area (Å²) in [5, 5.41) is 2.01. The number of nitrogens with one attached hydrogen (secondary N) is 2. The Morgan fingerprint density at radius 2 is 2.00 bits per heavy atom. The lowest BCUT2D eigenvalue weighted by atomic mass is 10.1. The topological polar surface area (TPSA) is 86.0 Å². The van der Waals surface area contributed by atoms with Gasteiger partial charge in [0.1, 0.15) is 0 Å². The highest BCUT2D eigenvalue weighted by Gasteiger charge is 2.14. The number of amides is 1. The molecule has 22 heavy (non-hydrogen) atoms. The fourth-order valence-corrected chi connectivity index (χ4v) is 3.18. The molecule has 2 aromatic heterocycles. The predicted molar refractivity (Wildman–Crippen MR) is 86.3 cm³/mol. The maximum atomic E-state index is 12.2. The number of aromatic amines is 2. The van der Waals surface area contributed by atoms with Crippen molar-refractivity contribution in [1.29, 1.82) is 0 Å². The molecule has 0 atom stereocenters. The van der Waals surface area contributed by atoms with E-state index in [1.54, 1.807) is 30.2 Å². The number of rotatable bonds is 5. The zero-order valence-electron chi connectivity index (χ0n) is 12.9. The van der Waals surface area contributed by atoms with Crippen LogP contribution in [0.1, 0.15) is 28.1 Å². The Bertz CT molecular complexity index is 788. The maximum Gasteiger partial charge on any atom is 0.325 e. The highest BCUT2D eigenvalue weighted by Crippen LogP contribution is 2.17. The van der Waals surface area contributed by atoms with Crippen LogP contribution in [0.4, 0.5) is 0 Å². The summed E-state index contributed by atoms with van der Waals surface area (Å²) in [6.45, 7) is 4.26. The number of thiophene rings is 1. The van der Waals surface area contributed by atoms with Crippen molar-refractivity contribution in [2.45, 2.75) is 33.2 Å². The third-order valence-corrected chi connectivity index (χ3v) is 4.63. The molecule has 118 valence electrons. The summed E-state index contributed by atoms with van der Waals surface area (Å²) in [6, 6.07) is 2.03. The smallest absolute Gasteiger partial charge is 0.325 e. The van der Waals surface area contributed by atoms with Gasteiger partial charge in [0.05, 0.1) is 6.54 Å². The van der Waals surface area contributed by atoms with Crippen LogP contribution in [0.5, 0.6) is 0 Å². The molecule has 2 heterocycles. The third kappa shape index (κ3) is 3.73. The summed E-state index contributed by atoms with van der Waals surface area (Å²) in [6.07, 6.45) is 0.543. The lowest BCUT2D eigenvalue weighted by Gasteiger charge is -2.17. The van der Waals surface area contributed by atoms with Crippen LogP contribution in [-0.2, 0) is 17.8 Å². The molecule has 0 saturated carbocycles. The van der Waals surface area contributed by atoms with Crippen molar-refractivity contribution in [2.24, 2.45) is 0 Å². The second-order valence-corrected chi connectivity index (χ2v) is 6.29. The summed E-state index contributed by atoms with van der Waals surface area (Å²) in [7, 11) is 1.76. The van der Waals surface area contributed by atoms with Crippen molar-refractivity contribution in [3.8, 4) is 0 Å². The normalized spacial score (nSPS) is 10.7. The van der Waals surface area contributed by atoms with Gasteiger partial charge in [0, 0.05) is 29.6 Å². The molecule has 0 aliphatic heterocycles. The lowest BCUT2D eigenvalue weighted by Crippen LogP contribution is -2.30. The van der Waals surface area contributed by atoms with Gasteiger partial charge in [0.25, 0.3) is 5.56 Å². The first-order valence-corrected chi connectivity index (χ1v) is 7.85. The minimum Gasteiger partial charge on any atom is -0.341 e. The van der Waals surface area contributed by atoms with Gasteiger partial charge >= 0.3 is 5.69 Å². The average molecular weight is 321 g/mol. The fraction of sp³-hybridized carbons (Fsp3) is 0.400. The van der Waals surface area contributed by atoms with E-state index in [1.165, 1.54) is 5.56 Å². The number of carbonyl (C=O) groups is 1. The lowest BCUT2D eigenvalue weighted by molar-refractivity contribution is -0.130. The molecule has 0 aliphatic rings. The summed E-state index contributed by atoms with van der Waals surface area (Å²) < 4.78 is 0. The molecule has 2 aromatic rings. The van der Waals surface area contributed by atoms with Gasteiger partial charge < -0.3 is 9.88 Å². The Balaban J connectivity index is 2.00. The van der Waals surface area contributed by atoms with Crippen LogP contribution in [-0.4, -0.2) is 27.8 Å². The van der Waals surface area contributed by atoms with Gasteiger partial charge in [-0.15, -0.1) is 11.3 Å². The zero-order valence-corrected chi connectivity index (χ0v) is 13.7. The SMILES string of the molecule is Cc1ccsc1CN(C)C(=O)CCc1c(C)[nH]c(=O)[nH]c1=O. The molecule has 1 amide bonds. The van der Waals surface area contributed by atoms with Gasteiger partial charge in [-0.25, -0.2) is 4.79 Å². The Morgan fingerprint density at radius 1 is 1.27 bits per heavy atom. The van der Waals surface area contributed by atoms with Gasteiger partial charge in [-0.3, -0.25) is 14.6 Å².